The zero-order chi connectivity index (χ0) is 25.2. The Kier molecular flexibility index (Phi) is 6.86. The minimum Gasteiger partial charge on any atom is -0.504 e. The van der Waals surface area contributed by atoms with Crippen LogP contribution in [-0.2, 0) is 14.3 Å². The molecule has 2 atom stereocenters. The van der Waals surface area contributed by atoms with E-state index in [1.807, 2.05) is 32.0 Å². The van der Waals surface area contributed by atoms with E-state index >= 15 is 0 Å². The van der Waals surface area contributed by atoms with Crippen molar-refractivity contribution in [2.24, 2.45) is 0 Å². The normalized spacial score (nSPS) is 22.3. The van der Waals surface area contributed by atoms with E-state index in [0.29, 0.717) is 42.0 Å². The third-order valence-electron chi connectivity index (χ3n) is 7.51. The number of allylic oxidation sites excluding steroid dienone is 3. The number of aromatic hydroxyl groups is 1. The van der Waals surface area contributed by atoms with Gasteiger partial charge in [-0.1, -0.05) is 36.4 Å². The van der Waals surface area contributed by atoms with Crippen molar-refractivity contribution in [3.63, 3.8) is 0 Å². The van der Waals surface area contributed by atoms with Gasteiger partial charge in [0.15, 0.2) is 17.3 Å². The van der Waals surface area contributed by atoms with Crippen molar-refractivity contribution >= 4 is 11.8 Å². The van der Waals surface area contributed by atoms with E-state index in [0.717, 1.165) is 42.5 Å². The van der Waals surface area contributed by atoms with Gasteiger partial charge in [0.05, 0.1) is 12.2 Å². The number of ether oxygens (including phenoxy) is 2. The molecule has 0 radical (unpaired) electrons. The number of esters is 1. The first-order chi connectivity index (χ1) is 17.5. The van der Waals surface area contributed by atoms with Crippen LogP contribution in [0.3, 0.4) is 0 Å². The second kappa shape index (κ2) is 10.2. The molecule has 1 fully saturated rings. The van der Waals surface area contributed by atoms with E-state index in [2.05, 4.69) is 17.4 Å². The predicted octanol–water partition coefficient (Wildman–Crippen LogP) is 5.64. The fraction of sp³-hybridized carbons (Fsp3) is 0.400. The molecule has 5 rings (SSSR count). The van der Waals surface area contributed by atoms with Crippen molar-refractivity contribution in [1.82, 2.24) is 5.32 Å². The Morgan fingerprint density at radius 2 is 1.81 bits per heavy atom. The summed E-state index contributed by atoms with van der Waals surface area (Å²) in [5, 5.41) is 13.7. The lowest BCUT2D eigenvalue weighted by molar-refractivity contribution is -0.144. The molecule has 1 saturated carbocycles. The molecule has 36 heavy (non-hydrogen) atoms. The minimum absolute atomic E-state index is 0.0207. The van der Waals surface area contributed by atoms with Gasteiger partial charge in [-0.2, -0.15) is 0 Å². The monoisotopic (exact) mass is 487 g/mol. The third kappa shape index (κ3) is 4.64. The Balaban J connectivity index is 1.57. The van der Waals surface area contributed by atoms with Crippen LogP contribution in [0.15, 0.2) is 71.1 Å². The second-order valence-electron chi connectivity index (χ2n) is 9.90. The molecule has 2 aromatic rings. The molecule has 0 aromatic heterocycles. The van der Waals surface area contributed by atoms with Crippen LogP contribution in [0.25, 0.3) is 0 Å². The van der Waals surface area contributed by atoms with E-state index in [1.54, 1.807) is 18.2 Å². The minimum atomic E-state index is -0.584. The lowest BCUT2D eigenvalue weighted by atomic mass is 9.71. The van der Waals surface area contributed by atoms with Crippen molar-refractivity contribution in [2.75, 3.05) is 6.61 Å². The summed E-state index contributed by atoms with van der Waals surface area (Å²) >= 11 is 0. The van der Waals surface area contributed by atoms with Crippen molar-refractivity contribution < 1.29 is 24.2 Å². The molecule has 2 aliphatic carbocycles. The van der Waals surface area contributed by atoms with Gasteiger partial charge in [-0.3, -0.25) is 4.79 Å². The van der Waals surface area contributed by atoms with Crippen molar-refractivity contribution in [3.05, 3.63) is 82.2 Å². The zero-order valence-electron chi connectivity index (χ0n) is 20.9. The van der Waals surface area contributed by atoms with Crippen molar-refractivity contribution in [2.45, 2.75) is 70.3 Å². The number of carbonyl (C=O) groups excluding carboxylic acids is 2. The molecule has 188 valence electrons. The molecule has 2 aromatic carbocycles. The molecule has 6 heteroatoms. The number of hydrogen-bond donors (Lipinski definition) is 2. The van der Waals surface area contributed by atoms with Crippen LogP contribution >= 0.6 is 0 Å². The Bertz CT molecular complexity index is 1220. The Morgan fingerprint density at radius 1 is 1.06 bits per heavy atom. The Morgan fingerprint density at radius 3 is 2.53 bits per heavy atom. The molecule has 0 spiro atoms. The second-order valence-corrected chi connectivity index (χ2v) is 9.90. The number of Topliss-reactive ketones (excluding diaryl/α,β-unsaturated/α-hetero) is 1. The largest absolute Gasteiger partial charge is 0.504 e. The molecular weight excluding hydrogens is 454 g/mol. The first kappa shape index (κ1) is 24.2. The third-order valence-corrected chi connectivity index (χ3v) is 7.51. The number of phenolic OH excluding ortho intramolecular Hbond substituents is 1. The first-order valence-corrected chi connectivity index (χ1v) is 12.9. The quantitative estimate of drug-likeness (QED) is 0.513. The summed E-state index contributed by atoms with van der Waals surface area (Å²) < 4.78 is 11.6. The van der Waals surface area contributed by atoms with Crippen LogP contribution < -0.4 is 10.1 Å². The van der Waals surface area contributed by atoms with E-state index in [1.165, 1.54) is 0 Å². The summed E-state index contributed by atoms with van der Waals surface area (Å²) in [6, 6.07) is 15.2. The van der Waals surface area contributed by atoms with Gasteiger partial charge in [-0.25, -0.2) is 4.79 Å². The molecule has 1 heterocycles. The highest BCUT2D eigenvalue weighted by molar-refractivity contribution is 6.04. The van der Waals surface area contributed by atoms with Gasteiger partial charge in [0.25, 0.3) is 0 Å². The molecule has 0 amide bonds. The molecule has 0 saturated heterocycles. The fourth-order valence-corrected chi connectivity index (χ4v) is 5.81. The lowest BCUT2D eigenvalue weighted by Crippen LogP contribution is -2.36. The average molecular weight is 488 g/mol. The smallest absolute Gasteiger partial charge is 0.337 e. The number of nitrogens with one attached hydrogen (secondary N) is 1. The summed E-state index contributed by atoms with van der Waals surface area (Å²) in [6.45, 7) is 4.11. The molecule has 3 aliphatic rings. The summed E-state index contributed by atoms with van der Waals surface area (Å²) in [7, 11) is 0. The number of dihydropyridines is 1. The summed E-state index contributed by atoms with van der Waals surface area (Å²) in [4.78, 5) is 27.3. The van der Waals surface area contributed by atoms with Crippen LogP contribution in [0.1, 0.15) is 75.3 Å². The van der Waals surface area contributed by atoms with Gasteiger partial charge in [-0.05, 0) is 75.1 Å². The van der Waals surface area contributed by atoms with Crippen LogP contribution in [0.4, 0.5) is 0 Å². The van der Waals surface area contributed by atoms with E-state index in [-0.39, 0.29) is 29.5 Å². The number of hydrogen-bond acceptors (Lipinski definition) is 6. The van der Waals surface area contributed by atoms with Gasteiger partial charge >= 0.3 is 5.97 Å². The standard InChI is InChI=1S/C30H33NO5/c1-3-35-26-17-20(13-14-24(26)32)28-27(30(34)36-22-11-7-8-12-22)18(2)31-23-15-21(16-25(33)29(23)28)19-9-5-4-6-10-19/h4-6,9-10,13-14,17,21-22,28,31-32H,3,7-8,11-12,15-16H2,1-2H3. The topological polar surface area (TPSA) is 84.9 Å². The maximum atomic E-state index is 13.7. The zero-order valence-corrected chi connectivity index (χ0v) is 20.9. The highest BCUT2D eigenvalue weighted by Crippen LogP contribution is 2.47. The van der Waals surface area contributed by atoms with Gasteiger partial charge in [0.2, 0.25) is 0 Å². The van der Waals surface area contributed by atoms with Gasteiger partial charge in [-0.15, -0.1) is 0 Å². The van der Waals surface area contributed by atoms with Crippen LogP contribution in [-0.4, -0.2) is 29.6 Å². The fourth-order valence-electron chi connectivity index (χ4n) is 5.81. The van der Waals surface area contributed by atoms with Gasteiger partial charge in [0, 0.05) is 29.3 Å². The SMILES string of the molecule is CCOc1cc(C2C(C(=O)OC3CCCC3)=C(C)NC3=C2C(=O)CC(c2ccccc2)C3)ccc1O. The number of carbonyl (C=O) groups is 2. The molecule has 1 aliphatic heterocycles. The summed E-state index contributed by atoms with van der Waals surface area (Å²) in [6.07, 6.45) is 4.83. The summed E-state index contributed by atoms with van der Waals surface area (Å²) in [5.41, 5.74) is 4.49. The van der Waals surface area contributed by atoms with Crippen LogP contribution in [0, 0.1) is 0 Å². The van der Waals surface area contributed by atoms with Crippen LogP contribution in [0.2, 0.25) is 0 Å². The lowest BCUT2D eigenvalue weighted by Gasteiger charge is -2.37. The molecule has 6 nitrogen and oxygen atoms in total. The van der Waals surface area contributed by atoms with Crippen molar-refractivity contribution in [1.29, 1.82) is 0 Å². The predicted molar refractivity (Wildman–Crippen MR) is 137 cm³/mol. The maximum absolute atomic E-state index is 13.7. The van der Waals surface area contributed by atoms with Crippen LogP contribution in [0.5, 0.6) is 11.5 Å². The summed E-state index contributed by atoms with van der Waals surface area (Å²) in [5.74, 6) is -0.510. The number of benzene rings is 2. The van der Waals surface area contributed by atoms with Crippen molar-refractivity contribution in [3.8, 4) is 11.5 Å². The Hall–Kier alpha value is -3.54. The van der Waals surface area contributed by atoms with Gasteiger partial charge < -0.3 is 19.9 Å². The van der Waals surface area contributed by atoms with E-state index in [4.69, 9.17) is 9.47 Å². The number of rotatable bonds is 6. The highest BCUT2D eigenvalue weighted by atomic mass is 16.5. The average Bonchev–Trinajstić information content (AvgIpc) is 3.38. The number of ketones is 1. The first-order valence-electron chi connectivity index (χ1n) is 12.9. The maximum Gasteiger partial charge on any atom is 0.337 e. The van der Waals surface area contributed by atoms with E-state index in [9.17, 15) is 14.7 Å². The number of phenols is 1. The highest BCUT2D eigenvalue weighted by Gasteiger charge is 2.42. The molecular formula is C30H33NO5. The van der Waals surface area contributed by atoms with E-state index < -0.39 is 5.92 Å². The van der Waals surface area contributed by atoms with Gasteiger partial charge in [0.1, 0.15) is 6.10 Å². The molecule has 2 N–H and O–H groups in total. The Labute approximate surface area is 212 Å². The molecule has 2 unspecified atom stereocenters. The molecule has 0 bridgehead atoms.